The minimum Gasteiger partial charge on any atom is -0.388 e. The molecule has 0 aromatic carbocycles. The summed E-state index contributed by atoms with van der Waals surface area (Å²) in [6.45, 7) is 6.11. The first kappa shape index (κ1) is 22.9. The van der Waals surface area contributed by atoms with Gasteiger partial charge in [0.15, 0.2) is 0 Å². The van der Waals surface area contributed by atoms with Crippen LogP contribution in [-0.4, -0.2) is 23.2 Å². The zero-order valence-corrected chi connectivity index (χ0v) is 15.8. The second-order valence-electron chi connectivity index (χ2n) is 5.74. The Bertz CT molecular complexity index is 518. The maximum absolute atomic E-state index is 11.7. The molecule has 0 aromatic rings. The molecular weight excluding hydrogens is 310 g/mol. The van der Waals surface area contributed by atoms with E-state index in [1.165, 1.54) is 6.08 Å². The van der Waals surface area contributed by atoms with Crippen LogP contribution in [0.2, 0.25) is 0 Å². The molecule has 0 aromatic heterocycles. The number of nitrogens with one attached hydrogen (secondary N) is 1. The summed E-state index contributed by atoms with van der Waals surface area (Å²) in [7, 11) is 0. The fourth-order valence-electron chi connectivity index (χ4n) is 1.86. The predicted molar refractivity (Wildman–Crippen MR) is 108 cm³/mol. The monoisotopic (exact) mass is 343 g/mol. The predicted octanol–water partition coefficient (Wildman–Crippen LogP) is 4.79. The first-order valence-electron chi connectivity index (χ1n) is 9.02. The fourth-order valence-corrected chi connectivity index (χ4v) is 1.86. The Morgan fingerprint density at radius 1 is 0.880 bits per heavy atom. The van der Waals surface area contributed by atoms with E-state index in [1.54, 1.807) is 6.08 Å². The largest absolute Gasteiger partial charge is 0.388 e. The van der Waals surface area contributed by atoms with Crippen molar-refractivity contribution < 1.29 is 9.90 Å². The summed E-state index contributed by atoms with van der Waals surface area (Å²) >= 11 is 0. The second-order valence-corrected chi connectivity index (χ2v) is 5.74. The number of rotatable bonds is 12. The fraction of sp³-hybridized carbons (Fsp3) is 0.409. The number of hydrogen-bond acceptors (Lipinski definition) is 2. The van der Waals surface area contributed by atoms with Gasteiger partial charge in [0, 0.05) is 12.6 Å². The number of hydrogen-bond donors (Lipinski definition) is 2. The van der Waals surface area contributed by atoms with E-state index in [-0.39, 0.29) is 12.5 Å². The highest BCUT2D eigenvalue weighted by Gasteiger charge is 2.21. The molecule has 0 bridgehead atoms. The Morgan fingerprint density at radius 2 is 1.40 bits per heavy atom. The standard InChI is InChI=1S/C22H33NO2/c1-4-7-8-9-10-11-12-13-14-15-16-17-18-19-21(24)23-20-22(25,5-2)6-3/h4,7-13,16-19,25H,5-6,14-15,20H2,1-3H3,(H,23,24). The lowest BCUT2D eigenvalue weighted by atomic mass is 9.98. The van der Waals surface area contributed by atoms with Crippen LogP contribution in [0.5, 0.6) is 0 Å². The highest BCUT2D eigenvalue weighted by Crippen LogP contribution is 2.12. The van der Waals surface area contributed by atoms with Crippen LogP contribution < -0.4 is 5.32 Å². The van der Waals surface area contributed by atoms with Crippen molar-refractivity contribution in [3.8, 4) is 0 Å². The normalized spacial score (nSPS) is 13.6. The molecule has 0 rings (SSSR count). The van der Waals surface area contributed by atoms with Gasteiger partial charge < -0.3 is 10.4 Å². The summed E-state index contributed by atoms with van der Waals surface area (Å²) in [5.41, 5.74) is -0.803. The molecule has 0 aliphatic carbocycles. The van der Waals surface area contributed by atoms with Gasteiger partial charge in [0.1, 0.15) is 0 Å². The minimum atomic E-state index is -0.803. The second kappa shape index (κ2) is 15.4. The molecule has 3 heteroatoms. The summed E-state index contributed by atoms with van der Waals surface area (Å²) in [5.74, 6) is -0.180. The summed E-state index contributed by atoms with van der Waals surface area (Å²) in [6.07, 6.45) is 26.3. The minimum absolute atomic E-state index is 0.180. The Labute approximate surface area is 153 Å². The molecule has 1 amide bonds. The molecule has 0 saturated heterocycles. The maximum Gasteiger partial charge on any atom is 0.244 e. The quantitative estimate of drug-likeness (QED) is 0.304. The number of carbonyl (C=O) groups excluding carboxylic acids is 1. The van der Waals surface area contributed by atoms with Gasteiger partial charge in [0.25, 0.3) is 0 Å². The Morgan fingerprint density at radius 3 is 1.96 bits per heavy atom. The average molecular weight is 344 g/mol. The Hall–Kier alpha value is -2.13. The first-order valence-corrected chi connectivity index (χ1v) is 9.02. The Kier molecular flexibility index (Phi) is 14.1. The van der Waals surface area contributed by atoms with E-state index >= 15 is 0 Å². The zero-order valence-electron chi connectivity index (χ0n) is 15.8. The van der Waals surface area contributed by atoms with Crippen molar-refractivity contribution in [1.82, 2.24) is 5.32 Å². The lowest BCUT2D eigenvalue weighted by molar-refractivity contribution is -0.117. The van der Waals surface area contributed by atoms with E-state index < -0.39 is 5.60 Å². The summed E-state index contributed by atoms with van der Waals surface area (Å²) < 4.78 is 0. The molecule has 2 N–H and O–H groups in total. The lowest BCUT2D eigenvalue weighted by Crippen LogP contribution is -2.41. The van der Waals surface area contributed by atoms with Gasteiger partial charge in [-0.25, -0.2) is 0 Å². The molecule has 0 aliphatic heterocycles. The summed E-state index contributed by atoms with van der Waals surface area (Å²) in [4.78, 5) is 11.7. The topological polar surface area (TPSA) is 49.3 Å². The van der Waals surface area contributed by atoms with Gasteiger partial charge in [0.05, 0.1) is 5.60 Å². The first-order chi connectivity index (χ1) is 12.1. The van der Waals surface area contributed by atoms with Gasteiger partial charge in [-0.2, -0.15) is 0 Å². The molecule has 3 nitrogen and oxygen atoms in total. The highest BCUT2D eigenvalue weighted by atomic mass is 16.3. The maximum atomic E-state index is 11.7. The van der Waals surface area contributed by atoms with Crippen LogP contribution in [0.4, 0.5) is 0 Å². The van der Waals surface area contributed by atoms with Crippen LogP contribution >= 0.6 is 0 Å². The molecule has 0 saturated carbocycles. The van der Waals surface area contributed by atoms with Gasteiger partial charge in [-0.05, 0) is 32.6 Å². The molecule has 0 heterocycles. The van der Waals surface area contributed by atoms with Gasteiger partial charge in [0.2, 0.25) is 5.91 Å². The number of allylic oxidation sites excluding steroid dienone is 11. The van der Waals surface area contributed by atoms with Crippen molar-refractivity contribution in [1.29, 1.82) is 0 Å². The van der Waals surface area contributed by atoms with E-state index in [0.717, 1.165) is 12.8 Å². The lowest BCUT2D eigenvalue weighted by Gasteiger charge is -2.24. The third kappa shape index (κ3) is 14.0. The van der Waals surface area contributed by atoms with Gasteiger partial charge in [-0.3, -0.25) is 4.79 Å². The van der Waals surface area contributed by atoms with Crippen molar-refractivity contribution in [2.24, 2.45) is 0 Å². The highest BCUT2D eigenvalue weighted by molar-refractivity contribution is 5.87. The van der Waals surface area contributed by atoms with Crippen molar-refractivity contribution in [2.45, 2.75) is 52.1 Å². The molecule has 0 spiro atoms. The van der Waals surface area contributed by atoms with Gasteiger partial charge >= 0.3 is 0 Å². The zero-order chi connectivity index (χ0) is 18.8. The van der Waals surface area contributed by atoms with Crippen molar-refractivity contribution in [2.75, 3.05) is 6.54 Å². The molecule has 25 heavy (non-hydrogen) atoms. The van der Waals surface area contributed by atoms with E-state index in [9.17, 15) is 9.90 Å². The van der Waals surface area contributed by atoms with Crippen molar-refractivity contribution in [3.05, 3.63) is 72.9 Å². The van der Waals surface area contributed by atoms with Crippen LogP contribution in [0.1, 0.15) is 46.5 Å². The number of unbranched alkanes of at least 4 members (excludes halogenated alkanes) is 1. The smallest absolute Gasteiger partial charge is 0.244 e. The summed E-state index contributed by atoms with van der Waals surface area (Å²) in [6, 6.07) is 0. The van der Waals surface area contributed by atoms with Crippen molar-refractivity contribution >= 4 is 5.91 Å². The number of aliphatic hydroxyl groups is 1. The molecule has 138 valence electrons. The Balaban J connectivity index is 3.90. The average Bonchev–Trinajstić information content (AvgIpc) is 2.63. The van der Waals surface area contributed by atoms with E-state index in [1.807, 2.05) is 75.5 Å². The van der Waals surface area contributed by atoms with Gasteiger partial charge in [-0.15, -0.1) is 0 Å². The van der Waals surface area contributed by atoms with Crippen LogP contribution in [0, 0.1) is 0 Å². The summed E-state index contributed by atoms with van der Waals surface area (Å²) in [5, 5.41) is 12.8. The SMILES string of the molecule is CC=CC=CC=CC=CCCC=CC=CC(=O)NCC(O)(CC)CC. The van der Waals surface area contributed by atoms with Gasteiger partial charge in [-0.1, -0.05) is 80.7 Å². The number of amides is 1. The van der Waals surface area contributed by atoms with Crippen molar-refractivity contribution in [3.63, 3.8) is 0 Å². The van der Waals surface area contributed by atoms with E-state index in [0.29, 0.717) is 12.8 Å². The molecule has 0 aliphatic rings. The molecule has 0 radical (unpaired) electrons. The molecule has 0 unspecified atom stereocenters. The molecule has 0 atom stereocenters. The molecular formula is C22H33NO2. The number of carbonyl (C=O) groups is 1. The van der Waals surface area contributed by atoms with E-state index in [4.69, 9.17) is 0 Å². The third-order valence-corrected chi connectivity index (χ3v) is 3.79. The van der Waals surface area contributed by atoms with Crippen LogP contribution in [0.25, 0.3) is 0 Å². The van der Waals surface area contributed by atoms with E-state index in [2.05, 4.69) is 11.4 Å². The van der Waals surface area contributed by atoms with Crippen LogP contribution in [-0.2, 0) is 4.79 Å². The third-order valence-electron chi connectivity index (χ3n) is 3.79. The van der Waals surface area contributed by atoms with Crippen LogP contribution in [0.3, 0.4) is 0 Å². The molecule has 0 fully saturated rings. The van der Waals surface area contributed by atoms with Crippen LogP contribution in [0.15, 0.2) is 72.9 Å².